The standard InChI is InChI=1S/C20H24N4O3S/c1-5-12(6-2)17-22-23-20(28-17)21-16(25)15(11(3)4)24-18(26)13-9-7-8-10-14(13)19(24)27/h7-12,15H,5-6H2,1-4H3,(H,21,23,25). The predicted molar refractivity (Wildman–Crippen MR) is 107 cm³/mol. The third-order valence-corrected chi connectivity index (χ3v) is 6.01. The lowest BCUT2D eigenvalue weighted by Crippen LogP contribution is -2.50. The summed E-state index contributed by atoms with van der Waals surface area (Å²) in [6.07, 6.45) is 1.89. The van der Waals surface area contributed by atoms with Gasteiger partial charge in [-0.25, -0.2) is 0 Å². The highest BCUT2D eigenvalue weighted by Gasteiger charge is 2.44. The van der Waals surface area contributed by atoms with Gasteiger partial charge in [0, 0.05) is 5.92 Å². The van der Waals surface area contributed by atoms with E-state index in [0.717, 1.165) is 22.7 Å². The molecule has 28 heavy (non-hydrogen) atoms. The first-order chi connectivity index (χ1) is 13.4. The zero-order valence-corrected chi connectivity index (χ0v) is 17.2. The highest BCUT2D eigenvalue weighted by atomic mass is 32.1. The van der Waals surface area contributed by atoms with Crippen molar-refractivity contribution in [3.63, 3.8) is 0 Å². The summed E-state index contributed by atoms with van der Waals surface area (Å²) in [7, 11) is 0. The number of imide groups is 1. The van der Waals surface area contributed by atoms with Gasteiger partial charge in [0.1, 0.15) is 11.0 Å². The van der Waals surface area contributed by atoms with Gasteiger partial charge in [0.05, 0.1) is 11.1 Å². The fourth-order valence-electron chi connectivity index (χ4n) is 3.45. The molecule has 1 aliphatic heterocycles. The van der Waals surface area contributed by atoms with Crippen LogP contribution in [0.5, 0.6) is 0 Å². The Morgan fingerprint density at radius 1 is 1.07 bits per heavy atom. The summed E-state index contributed by atoms with van der Waals surface area (Å²) in [6.45, 7) is 7.79. The van der Waals surface area contributed by atoms with Gasteiger partial charge in [-0.2, -0.15) is 0 Å². The van der Waals surface area contributed by atoms with E-state index in [1.54, 1.807) is 24.3 Å². The smallest absolute Gasteiger partial charge is 0.262 e. The van der Waals surface area contributed by atoms with Crippen LogP contribution in [0.4, 0.5) is 5.13 Å². The number of carbonyl (C=O) groups is 3. The van der Waals surface area contributed by atoms with Crippen LogP contribution in [0.3, 0.4) is 0 Å². The highest BCUT2D eigenvalue weighted by Crippen LogP contribution is 2.30. The monoisotopic (exact) mass is 400 g/mol. The van der Waals surface area contributed by atoms with E-state index in [9.17, 15) is 14.4 Å². The molecular formula is C20H24N4O3S. The Bertz CT molecular complexity index is 869. The first-order valence-electron chi connectivity index (χ1n) is 9.50. The van der Waals surface area contributed by atoms with Crippen LogP contribution in [-0.2, 0) is 4.79 Å². The van der Waals surface area contributed by atoms with Crippen LogP contribution in [-0.4, -0.2) is 38.9 Å². The van der Waals surface area contributed by atoms with E-state index >= 15 is 0 Å². The van der Waals surface area contributed by atoms with Crippen LogP contribution in [0, 0.1) is 5.92 Å². The number of anilines is 1. The van der Waals surface area contributed by atoms with Gasteiger partial charge >= 0.3 is 0 Å². The number of fused-ring (bicyclic) bond motifs is 1. The first-order valence-corrected chi connectivity index (χ1v) is 10.3. The molecule has 3 rings (SSSR count). The number of benzene rings is 1. The van der Waals surface area contributed by atoms with Crippen molar-refractivity contribution in [1.29, 1.82) is 0 Å². The molecule has 1 aliphatic rings. The van der Waals surface area contributed by atoms with Crippen molar-refractivity contribution < 1.29 is 14.4 Å². The summed E-state index contributed by atoms with van der Waals surface area (Å²) in [5, 5.41) is 12.3. The fourth-order valence-corrected chi connectivity index (χ4v) is 4.46. The largest absolute Gasteiger partial charge is 0.299 e. The maximum atomic E-state index is 13.0. The zero-order valence-electron chi connectivity index (χ0n) is 16.4. The zero-order chi connectivity index (χ0) is 20.4. The molecule has 1 unspecified atom stereocenters. The Kier molecular flexibility index (Phi) is 5.88. The maximum Gasteiger partial charge on any atom is 0.262 e. The number of carbonyl (C=O) groups excluding carboxylic acids is 3. The van der Waals surface area contributed by atoms with Crippen LogP contribution in [0.15, 0.2) is 24.3 Å². The van der Waals surface area contributed by atoms with Crippen molar-refractivity contribution in [2.45, 2.75) is 52.5 Å². The van der Waals surface area contributed by atoms with Crippen molar-refractivity contribution in [2.24, 2.45) is 5.92 Å². The Morgan fingerprint density at radius 2 is 1.64 bits per heavy atom. The number of nitrogens with zero attached hydrogens (tertiary/aromatic N) is 3. The second-order valence-corrected chi connectivity index (χ2v) is 8.17. The molecule has 3 amide bonds. The van der Waals surface area contributed by atoms with Crippen molar-refractivity contribution >= 4 is 34.2 Å². The molecule has 148 valence electrons. The quantitative estimate of drug-likeness (QED) is 0.716. The molecule has 0 bridgehead atoms. The Hall–Kier alpha value is -2.61. The van der Waals surface area contributed by atoms with Crippen molar-refractivity contribution in [3.05, 3.63) is 40.4 Å². The van der Waals surface area contributed by atoms with Crippen LogP contribution in [0.1, 0.15) is 72.2 Å². The molecule has 0 fully saturated rings. The van der Waals surface area contributed by atoms with Gasteiger partial charge in [-0.3, -0.25) is 24.6 Å². The SMILES string of the molecule is CCC(CC)c1nnc(NC(=O)C(C(C)C)N2C(=O)c3ccccc3C2=O)s1. The van der Waals surface area contributed by atoms with Gasteiger partial charge in [0.25, 0.3) is 11.8 Å². The minimum atomic E-state index is -0.923. The lowest BCUT2D eigenvalue weighted by atomic mass is 10.0. The number of hydrogen-bond donors (Lipinski definition) is 1. The minimum absolute atomic E-state index is 0.256. The molecule has 0 saturated heterocycles. The number of hydrogen-bond acceptors (Lipinski definition) is 6. The normalized spacial score (nSPS) is 14.7. The van der Waals surface area contributed by atoms with E-state index in [2.05, 4.69) is 29.4 Å². The molecule has 1 aromatic carbocycles. The highest BCUT2D eigenvalue weighted by molar-refractivity contribution is 7.15. The molecule has 1 aromatic heterocycles. The van der Waals surface area contributed by atoms with Gasteiger partial charge in [-0.1, -0.05) is 51.2 Å². The average molecular weight is 401 g/mol. The van der Waals surface area contributed by atoms with Gasteiger partial charge in [0.15, 0.2) is 0 Å². The Labute approximate surface area is 168 Å². The second-order valence-electron chi connectivity index (χ2n) is 7.16. The van der Waals surface area contributed by atoms with Crippen LogP contribution in [0.25, 0.3) is 0 Å². The maximum absolute atomic E-state index is 13.0. The predicted octanol–water partition coefficient (Wildman–Crippen LogP) is 3.70. The van der Waals surface area contributed by atoms with Gasteiger partial charge in [-0.05, 0) is 30.9 Å². The third-order valence-electron chi connectivity index (χ3n) is 5.01. The van der Waals surface area contributed by atoms with Crippen molar-refractivity contribution in [2.75, 3.05) is 5.32 Å². The van der Waals surface area contributed by atoms with Gasteiger partial charge in [0.2, 0.25) is 11.0 Å². The summed E-state index contributed by atoms with van der Waals surface area (Å²) >= 11 is 1.34. The summed E-state index contributed by atoms with van der Waals surface area (Å²) < 4.78 is 0. The van der Waals surface area contributed by atoms with Gasteiger partial charge < -0.3 is 0 Å². The van der Waals surface area contributed by atoms with Crippen LogP contribution < -0.4 is 5.32 Å². The first kappa shape index (κ1) is 20.1. The van der Waals surface area contributed by atoms with Crippen molar-refractivity contribution in [3.8, 4) is 0 Å². The van der Waals surface area contributed by atoms with E-state index in [1.807, 2.05) is 13.8 Å². The molecule has 8 heteroatoms. The average Bonchev–Trinajstić information content (AvgIpc) is 3.22. The molecule has 0 radical (unpaired) electrons. The summed E-state index contributed by atoms with van der Waals surface area (Å²) in [5.74, 6) is -1.26. The second kappa shape index (κ2) is 8.18. The number of amides is 3. The van der Waals surface area contributed by atoms with E-state index in [0.29, 0.717) is 22.2 Å². The molecule has 0 saturated carbocycles. The van der Waals surface area contributed by atoms with Gasteiger partial charge in [-0.15, -0.1) is 10.2 Å². The molecule has 0 aliphatic carbocycles. The Balaban J connectivity index is 1.83. The van der Waals surface area contributed by atoms with Crippen molar-refractivity contribution in [1.82, 2.24) is 15.1 Å². The van der Waals surface area contributed by atoms with E-state index in [4.69, 9.17) is 0 Å². The van der Waals surface area contributed by atoms with E-state index < -0.39 is 23.8 Å². The molecule has 7 nitrogen and oxygen atoms in total. The Morgan fingerprint density at radius 3 is 2.14 bits per heavy atom. The summed E-state index contributed by atoms with van der Waals surface area (Å²) in [4.78, 5) is 39.6. The third kappa shape index (κ3) is 3.56. The molecule has 2 aromatic rings. The molecule has 1 atom stereocenters. The number of rotatable bonds is 7. The molecule has 2 heterocycles. The molecular weight excluding hydrogens is 376 g/mol. The minimum Gasteiger partial charge on any atom is -0.299 e. The van der Waals surface area contributed by atoms with Crippen LogP contribution in [0.2, 0.25) is 0 Å². The van der Waals surface area contributed by atoms with E-state index in [1.165, 1.54) is 11.3 Å². The molecule has 1 N–H and O–H groups in total. The number of nitrogens with one attached hydrogen (secondary N) is 1. The lowest BCUT2D eigenvalue weighted by Gasteiger charge is -2.27. The summed E-state index contributed by atoms with van der Waals surface area (Å²) in [5.41, 5.74) is 0.663. The van der Waals surface area contributed by atoms with Crippen LogP contribution >= 0.6 is 11.3 Å². The topological polar surface area (TPSA) is 92.3 Å². The fraction of sp³-hybridized carbons (Fsp3) is 0.450. The lowest BCUT2D eigenvalue weighted by molar-refractivity contribution is -0.121. The molecule has 0 spiro atoms. The summed E-state index contributed by atoms with van der Waals surface area (Å²) in [6, 6.07) is 5.71. The van der Waals surface area contributed by atoms with E-state index in [-0.39, 0.29) is 5.92 Å². The number of aromatic nitrogens is 2.